The Labute approximate surface area is 116 Å². The van der Waals surface area contributed by atoms with Crippen LogP contribution in [0.2, 0.25) is 0 Å². The maximum absolute atomic E-state index is 12.3. The first-order chi connectivity index (χ1) is 8.86. The van der Waals surface area contributed by atoms with Crippen LogP contribution >= 0.6 is 0 Å². The van der Waals surface area contributed by atoms with Gasteiger partial charge in [-0.05, 0) is 38.6 Å². The first-order valence-electron chi connectivity index (χ1n) is 7.37. The molecule has 1 saturated heterocycles. The van der Waals surface area contributed by atoms with Gasteiger partial charge in [-0.3, -0.25) is 14.5 Å². The Morgan fingerprint density at radius 2 is 2.00 bits per heavy atom. The fraction of sp³-hybridized carbons (Fsp3) is 0.867. The van der Waals surface area contributed by atoms with Crippen molar-refractivity contribution < 1.29 is 9.59 Å². The topological polar surface area (TPSA) is 49.4 Å². The van der Waals surface area contributed by atoms with Gasteiger partial charge in [0.05, 0.1) is 12.1 Å². The Balaban J connectivity index is 2.60. The summed E-state index contributed by atoms with van der Waals surface area (Å²) < 4.78 is 0. The number of likely N-dealkylation sites (N-methyl/N-ethyl adjacent to an activating group) is 1. The van der Waals surface area contributed by atoms with E-state index in [1.165, 1.54) is 0 Å². The van der Waals surface area contributed by atoms with Crippen LogP contribution in [-0.4, -0.2) is 42.3 Å². The molecule has 0 aliphatic carbocycles. The first kappa shape index (κ1) is 16.2. The molecular formula is C15H28N2O2. The Kier molecular flexibility index (Phi) is 5.98. The van der Waals surface area contributed by atoms with Gasteiger partial charge < -0.3 is 5.32 Å². The molecule has 0 aromatic heterocycles. The van der Waals surface area contributed by atoms with Crippen molar-refractivity contribution in [1.29, 1.82) is 0 Å². The number of carbonyl (C=O) groups excluding carboxylic acids is 2. The molecule has 0 bridgehead atoms. The zero-order chi connectivity index (χ0) is 14.6. The van der Waals surface area contributed by atoms with E-state index in [2.05, 4.69) is 24.1 Å². The number of ketones is 1. The molecule has 1 fully saturated rings. The third kappa shape index (κ3) is 4.30. The van der Waals surface area contributed by atoms with Crippen molar-refractivity contribution in [2.75, 3.05) is 13.6 Å². The lowest BCUT2D eigenvalue weighted by atomic mass is 9.93. The molecule has 1 aliphatic heterocycles. The molecule has 4 heteroatoms. The molecule has 19 heavy (non-hydrogen) atoms. The van der Waals surface area contributed by atoms with Gasteiger partial charge in [0.1, 0.15) is 0 Å². The standard InChI is InChI=1S/C15H28N2O2/c1-6-7-13(11(4)18)16-15(19)14-8-12(10(2)3)9-17(14)5/h10,12-14H,6-9H2,1-5H3,(H,16,19)/t12-,13?,14?/m1/s1. The largest absolute Gasteiger partial charge is 0.345 e. The van der Waals surface area contributed by atoms with Crippen molar-refractivity contribution in [3.63, 3.8) is 0 Å². The van der Waals surface area contributed by atoms with Crippen LogP contribution in [0.15, 0.2) is 0 Å². The van der Waals surface area contributed by atoms with Gasteiger partial charge in [0.2, 0.25) is 5.91 Å². The number of rotatable bonds is 6. The van der Waals surface area contributed by atoms with E-state index in [4.69, 9.17) is 0 Å². The van der Waals surface area contributed by atoms with Crippen LogP contribution in [0.5, 0.6) is 0 Å². The predicted molar refractivity (Wildman–Crippen MR) is 76.9 cm³/mol. The molecule has 0 aromatic carbocycles. The Hall–Kier alpha value is -0.900. The van der Waals surface area contributed by atoms with Crippen molar-refractivity contribution in [3.8, 4) is 0 Å². The van der Waals surface area contributed by atoms with E-state index in [1.807, 2.05) is 14.0 Å². The summed E-state index contributed by atoms with van der Waals surface area (Å²) in [6.45, 7) is 8.95. The molecule has 1 aliphatic rings. The van der Waals surface area contributed by atoms with E-state index < -0.39 is 0 Å². The lowest BCUT2D eigenvalue weighted by molar-refractivity contribution is -0.129. The summed E-state index contributed by atoms with van der Waals surface area (Å²) in [6, 6.07) is -0.393. The van der Waals surface area contributed by atoms with Gasteiger partial charge in [-0.2, -0.15) is 0 Å². The van der Waals surface area contributed by atoms with Crippen LogP contribution in [0.3, 0.4) is 0 Å². The summed E-state index contributed by atoms with van der Waals surface area (Å²) in [6.07, 6.45) is 2.53. The maximum Gasteiger partial charge on any atom is 0.237 e. The monoisotopic (exact) mass is 268 g/mol. The van der Waals surface area contributed by atoms with E-state index in [-0.39, 0.29) is 23.8 Å². The molecule has 3 atom stereocenters. The third-order valence-corrected chi connectivity index (χ3v) is 4.21. The lowest BCUT2D eigenvalue weighted by Crippen LogP contribution is -2.48. The summed E-state index contributed by atoms with van der Waals surface area (Å²) in [4.78, 5) is 25.9. The van der Waals surface area contributed by atoms with Crippen molar-refractivity contribution in [2.24, 2.45) is 11.8 Å². The summed E-state index contributed by atoms with van der Waals surface area (Å²) >= 11 is 0. The van der Waals surface area contributed by atoms with Crippen molar-refractivity contribution in [1.82, 2.24) is 10.2 Å². The van der Waals surface area contributed by atoms with Crippen molar-refractivity contribution >= 4 is 11.7 Å². The minimum atomic E-state index is -0.316. The highest BCUT2D eigenvalue weighted by Gasteiger charge is 2.36. The van der Waals surface area contributed by atoms with Gasteiger partial charge in [0.25, 0.3) is 0 Å². The predicted octanol–water partition coefficient (Wildman–Crippen LogP) is 1.84. The molecular weight excluding hydrogens is 240 g/mol. The van der Waals surface area contributed by atoms with Gasteiger partial charge in [-0.1, -0.05) is 27.2 Å². The summed E-state index contributed by atoms with van der Waals surface area (Å²) in [5.41, 5.74) is 0. The third-order valence-electron chi connectivity index (χ3n) is 4.21. The molecule has 0 spiro atoms. The minimum absolute atomic E-state index is 0.0132. The minimum Gasteiger partial charge on any atom is -0.345 e. The molecule has 1 N–H and O–H groups in total. The van der Waals surface area contributed by atoms with Crippen molar-refractivity contribution in [3.05, 3.63) is 0 Å². The normalized spacial score (nSPS) is 25.6. The molecule has 0 aromatic rings. The SMILES string of the molecule is CCCC(NC(=O)C1C[C@@H](C(C)C)CN1C)C(C)=O. The Morgan fingerprint density at radius 3 is 2.42 bits per heavy atom. The molecule has 4 nitrogen and oxygen atoms in total. The molecule has 1 heterocycles. The van der Waals surface area contributed by atoms with Crippen LogP contribution in [0, 0.1) is 11.8 Å². The zero-order valence-electron chi connectivity index (χ0n) is 12.9. The second-order valence-electron chi connectivity index (χ2n) is 6.16. The van der Waals surface area contributed by atoms with Gasteiger partial charge in [0.15, 0.2) is 5.78 Å². The van der Waals surface area contributed by atoms with Gasteiger partial charge >= 0.3 is 0 Å². The maximum atomic E-state index is 12.3. The smallest absolute Gasteiger partial charge is 0.237 e. The highest BCUT2D eigenvalue weighted by atomic mass is 16.2. The Bertz CT molecular complexity index is 328. The average molecular weight is 268 g/mol. The fourth-order valence-corrected chi connectivity index (χ4v) is 2.76. The van der Waals surface area contributed by atoms with E-state index in [0.29, 0.717) is 11.8 Å². The second kappa shape index (κ2) is 7.04. The van der Waals surface area contributed by atoms with E-state index >= 15 is 0 Å². The fourth-order valence-electron chi connectivity index (χ4n) is 2.76. The molecule has 1 amide bonds. The van der Waals surface area contributed by atoms with Crippen LogP contribution in [0.25, 0.3) is 0 Å². The molecule has 110 valence electrons. The molecule has 2 unspecified atom stereocenters. The lowest BCUT2D eigenvalue weighted by Gasteiger charge is -2.22. The average Bonchev–Trinajstić information content (AvgIpc) is 2.70. The number of Topliss-reactive ketones (excluding diaryl/α,β-unsaturated/α-hetero) is 1. The Morgan fingerprint density at radius 1 is 1.37 bits per heavy atom. The highest BCUT2D eigenvalue weighted by Crippen LogP contribution is 2.27. The number of hydrogen-bond acceptors (Lipinski definition) is 3. The molecule has 0 saturated carbocycles. The highest BCUT2D eigenvalue weighted by molar-refractivity contribution is 5.89. The van der Waals surface area contributed by atoms with Crippen molar-refractivity contribution in [2.45, 2.75) is 59.0 Å². The van der Waals surface area contributed by atoms with Crippen LogP contribution in [-0.2, 0) is 9.59 Å². The summed E-state index contributed by atoms with van der Waals surface area (Å²) in [5, 5.41) is 2.92. The van der Waals surface area contributed by atoms with Gasteiger partial charge in [-0.15, -0.1) is 0 Å². The van der Waals surface area contributed by atoms with E-state index in [9.17, 15) is 9.59 Å². The van der Waals surface area contributed by atoms with E-state index in [1.54, 1.807) is 6.92 Å². The quantitative estimate of drug-likeness (QED) is 0.799. The number of likely N-dealkylation sites (tertiary alicyclic amines) is 1. The van der Waals surface area contributed by atoms with E-state index in [0.717, 1.165) is 25.8 Å². The summed E-state index contributed by atoms with van der Waals surface area (Å²) in [5.74, 6) is 1.23. The zero-order valence-corrected chi connectivity index (χ0v) is 12.9. The van der Waals surface area contributed by atoms with Gasteiger partial charge in [-0.25, -0.2) is 0 Å². The molecule has 0 radical (unpaired) electrons. The van der Waals surface area contributed by atoms with Crippen LogP contribution < -0.4 is 5.32 Å². The summed E-state index contributed by atoms with van der Waals surface area (Å²) in [7, 11) is 2.00. The molecule has 1 rings (SSSR count). The van der Waals surface area contributed by atoms with Gasteiger partial charge in [0, 0.05) is 6.54 Å². The number of carbonyl (C=O) groups is 2. The van der Waals surface area contributed by atoms with Crippen LogP contribution in [0.1, 0.15) is 47.0 Å². The number of nitrogens with one attached hydrogen (secondary N) is 1. The first-order valence-corrected chi connectivity index (χ1v) is 7.37. The second-order valence-corrected chi connectivity index (χ2v) is 6.16. The number of amides is 1. The number of hydrogen-bond donors (Lipinski definition) is 1. The number of nitrogens with zero attached hydrogens (tertiary/aromatic N) is 1. The van der Waals surface area contributed by atoms with Crippen LogP contribution in [0.4, 0.5) is 0 Å².